The van der Waals surface area contributed by atoms with E-state index in [2.05, 4.69) is 10.6 Å². The first-order valence-electron chi connectivity index (χ1n) is 8.31. The van der Waals surface area contributed by atoms with Crippen LogP contribution in [0.1, 0.15) is 43.1 Å². The highest BCUT2D eigenvalue weighted by Crippen LogP contribution is 2.22. The third-order valence-corrected chi connectivity index (χ3v) is 4.16. The lowest BCUT2D eigenvalue weighted by molar-refractivity contribution is -0.116. The van der Waals surface area contributed by atoms with E-state index in [4.69, 9.17) is 23.2 Å². The van der Waals surface area contributed by atoms with Gasteiger partial charge in [-0.25, -0.2) is 0 Å². The maximum atomic E-state index is 12.4. The van der Waals surface area contributed by atoms with E-state index in [1.54, 1.807) is 36.4 Å². The van der Waals surface area contributed by atoms with Crippen LogP contribution in [0.15, 0.2) is 42.5 Å². The minimum absolute atomic E-state index is 0.188. The molecule has 0 aromatic heterocycles. The van der Waals surface area contributed by atoms with Gasteiger partial charge in [0.2, 0.25) is 5.91 Å². The summed E-state index contributed by atoms with van der Waals surface area (Å²) in [5.74, 6) is -0.416. The minimum atomic E-state index is -0.362. The van der Waals surface area contributed by atoms with E-state index in [9.17, 15) is 9.59 Å². The number of aryl methyl sites for hydroxylation is 1. The van der Waals surface area contributed by atoms with Crippen LogP contribution in [0, 0.1) is 0 Å². The number of hydrogen-bond donors (Lipinski definition) is 2. The molecule has 2 aromatic rings. The number of amides is 2. The van der Waals surface area contributed by atoms with Gasteiger partial charge in [0.15, 0.2) is 0 Å². The fourth-order valence-corrected chi connectivity index (χ4v) is 2.89. The lowest BCUT2D eigenvalue weighted by Crippen LogP contribution is -2.40. The van der Waals surface area contributed by atoms with Crippen LogP contribution in [0.4, 0.5) is 5.69 Å². The molecule has 4 nitrogen and oxygen atoms in total. The summed E-state index contributed by atoms with van der Waals surface area (Å²) in [6.45, 7) is 5.71. The zero-order valence-electron chi connectivity index (χ0n) is 15.0. The maximum Gasteiger partial charge on any atom is 0.253 e. The summed E-state index contributed by atoms with van der Waals surface area (Å²) in [6, 6.07) is 12.1. The first kappa shape index (κ1) is 20.3. The van der Waals surface area contributed by atoms with Crippen molar-refractivity contribution < 1.29 is 9.59 Å². The van der Waals surface area contributed by atoms with Crippen LogP contribution >= 0.6 is 23.2 Å². The molecule has 0 aliphatic rings. The van der Waals surface area contributed by atoms with Crippen molar-refractivity contribution in [3.05, 3.63) is 63.6 Å². The van der Waals surface area contributed by atoms with E-state index in [0.717, 1.165) is 5.56 Å². The van der Waals surface area contributed by atoms with Crippen LogP contribution in [-0.2, 0) is 11.2 Å². The number of carbonyl (C=O) groups excluding carboxylic acids is 2. The molecule has 0 aliphatic heterocycles. The molecule has 26 heavy (non-hydrogen) atoms. The molecule has 0 saturated carbocycles. The Balaban J connectivity index is 2.04. The maximum absolute atomic E-state index is 12.4. The van der Waals surface area contributed by atoms with Gasteiger partial charge in [0.1, 0.15) is 0 Å². The Kier molecular flexibility index (Phi) is 6.68. The Morgan fingerprint density at radius 1 is 1.04 bits per heavy atom. The number of para-hydroxylation sites is 1. The van der Waals surface area contributed by atoms with Gasteiger partial charge < -0.3 is 10.6 Å². The summed E-state index contributed by atoms with van der Waals surface area (Å²) in [6.07, 6.45) is 0.731. The molecule has 0 unspecified atom stereocenters. The molecular formula is C20H22Cl2N2O2. The molecule has 0 saturated heterocycles. The molecule has 0 spiro atoms. The van der Waals surface area contributed by atoms with E-state index >= 15 is 0 Å². The second-order valence-electron chi connectivity index (χ2n) is 7.03. The molecule has 0 heterocycles. The highest BCUT2D eigenvalue weighted by atomic mass is 35.5. The quantitative estimate of drug-likeness (QED) is 0.743. The number of nitrogens with one attached hydrogen (secondary N) is 2. The third-order valence-electron chi connectivity index (χ3n) is 3.57. The van der Waals surface area contributed by atoms with Gasteiger partial charge in [-0.2, -0.15) is 0 Å². The Bertz CT molecular complexity index is 814. The summed E-state index contributed by atoms with van der Waals surface area (Å²) < 4.78 is 0. The highest BCUT2D eigenvalue weighted by Gasteiger charge is 2.18. The summed E-state index contributed by atoms with van der Waals surface area (Å²) in [5, 5.41) is 6.80. The normalized spacial score (nSPS) is 11.1. The smallest absolute Gasteiger partial charge is 0.253 e. The summed E-state index contributed by atoms with van der Waals surface area (Å²) in [4.78, 5) is 24.7. The summed E-state index contributed by atoms with van der Waals surface area (Å²) in [7, 11) is 0. The van der Waals surface area contributed by atoms with E-state index in [-0.39, 0.29) is 23.8 Å². The largest absolute Gasteiger partial charge is 0.347 e. The molecule has 0 radical (unpaired) electrons. The van der Waals surface area contributed by atoms with E-state index in [0.29, 0.717) is 27.7 Å². The van der Waals surface area contributed by atoms with Gasteiger partial charge >= 0.3 is 0 Å². The van der Waals surface area contributed by atoms with Gasteiger partial charge in [-0.1, -0.05) is 41.4 Å². The van der Waals surface area contributed by atoms with Crippen LogP contribution in [0.5, 0.6) is 0 Å². The van der Waals surface area contributed by atoms with Crippen LogP contribution < -0.4 is 10.6 Å². The first-order valence-corrected chi connectivity index (χ1v) is 9.06. The molecule has 2 rings (SSSR count). The van der Waals surface area contributed by atoms with E-state index in [1.165, 1.54) is 0 Å². The Morgan fingerprint density at radius 2 is 1.73 bits per heavy atom. The average Bonchev–Trinajstić information content (AvgIpc) is 2.53. The number of anilines is 1. The zero-order chi connectivity index (χ0) is 19.3. The SMILES string of the molecule is CC(C)(C)NC(=O)c1ccccc1NC(=O)CCc1ccc(Cl)cc1Cl. The van der Waals surface area contributed by atoms with Crippen molar-refractivity contribution in [2.45, 2.75) is 39.2 Å². The molecule has 0 atom stereocenters. The zero-order valence-corrected chi connectivity index (χ0v) is 16.5. The summed E-state index contributed by atoms with van der Waals surface area (Å²) in [5.41, 5.74) is 1.41. The molecule has 2 aromatic carbocycles. The third kappa shape index (κ3) is 6.04. The minimum Gasteiger partial charge on any atom is -0.347 e. The first-order chi connectivity index (χ1) is 12.2. The Morgan fingerprint density at radius 3 is 2.38 bits per heavy atom. The lowest BCUT2D eigenvalue weighted by atomic mass is 10.1. The highest BCUT2D eigenvalue weighted by molar-refractivity contribution is 6.35. The van der Waals surface area contributed by atoms with E-state index < -0.39 is 0 Å². The Hall–Kier alpha value is -2.04. The predicted octanol–water partition coefficient (Wildman–Crippen LogP) is 5.09. The molecule has 0 aliphatic carbocycles. The van der Waals surface area contributed by atoms with Gasteiger partial charge in [0.25, 0.3) is 5.91 Å². The number of benzene rings is 2. The van der Waals surface area contributed by atoms with Crippen molar-refractivity contribution in [3.63, 3.8) is 0 Å². The molecule has 2 N–H and O–H groups in total. The number of hydrogen-bond acceptors (Lipinski definition) is 2. The number of halogens is 2. The topological polar surface area (TPSA) is 58.2 Å². The standard InChI is InChI=1S/C20H22Cl2N2O2/c1-20(2,3)24-19(26)15-6-4-5-7-17(15)23-18(25)11-9-13-8-10-14(21)12-16(13)22/h4-8,10,12H,9,11H2,1-3H3,(H,23,25)(H,24,26). The fourth-order valence-electron chi connectivity index (χ4n) is 2.38. The molecule has 0 fully saturated rings. The van der Waals surface area contributed by atoms with Crippen LogP contribution in [-0.4, -0.2) is 17.4 Å². The molecule has 0 bridgehead atoms. The van der Waals surface area contributed by atoms with Gasteiger partial charge in [0, 0.05) is 22.0 Å². The van der Waals surface area contributed by atoms with Crippen molar-refractivity contribution >= 4 is 40.7 Å². The molecule has 2 amide bonds. The summed E-state index contributed by atoms with van der Waals surface area (Å²) >= 11 is 12.0. The van der Waals surface area contributed by atoms with Crippen molar-refractivity contribution in [2.24, 2.45) is 0 Å². The van der Waals surface area contributed by atoms with Crippen LogP contribution in [0.3, 0.4) is 0 Å². The number of rotatable bonds is 5. The molecule has 138 valence electrons. The molecular weight excluding hydrogens is 371 g/mol. The van der Waals surface area contributed by atoms with Crippen molar-refractivity contribution in [1.82, 2.24) is 5.32 Å². The van der Waals surface area contributed by atoms with Gasteiger partial charge in [-0.15, -0.1) is 0 Å². The van der Waals surface area contributed by atoms with Crippen LogP contribution in [0.25, 0.3) is 0 Å². The van der Waals surface area contributed by atoms with Crippen molar-refractivity contribution in [1.29, 1.82) is 0 Å². The van der Waals surface area contributed by atoms with Gasteiger partial charge in [-0.3, -0.25) is 9.59 Å². The predicted molar refractivity (Wildman–Crippen MR) is 107 cm³/mol. The molecule has 6 heteroatoms. The van der Waals surface area contributed by atoms with Crippen LogP contribution in [0.2, 0.25) is 10.0 Å². The second kappa shape index (κ2) is 8.56. The average molecular weight is 393 g/mol. The van der Waals surface area contributed by atoms with Crippen molar-refractivity contribution in [2.75, 3.05) is 5.32 Å². The second-order valence-corrected chi connectivity index (χ2v) is 7.88. The Labute approximate surface area is 163 Å². The van der Waals surface area contributed by atoms with Gasteiger partial charge in [0.05, 0.1) is 11.3 Å². The number of carbonyl (C=O) groups is 2. The fraction of sp³-hybridized carbons (Fsp3) is 0.300. The monoisotopic (exact) mass is 392 g/mol. The van der Waals surface area contributed by atoms with Gasteiger partial charge in [-0.05, 0) is 57.0 Å². The lowest BCUT2D eigenvalue weighted by Gasteiger charge is -2.21. The van der Waals surface area contributed by atoms with E-state index in [1.807, 2.05) is 26.8 Å². The van der Waals surface area contributed by atoms with Crippen molar-refractivity contribution in [3.8, 4) is 0 Å².